The fourth-order valence-electron chi connectivity index (χ4n) is 2.04. The van der Waals surface area contributed by atoms with Crippen LogP contribution < -0.4 is 5.32 Å². The van der Waals surface area contributed by atoms with Crippen LogP contribution in [0.15, 0.2) is 12.1 Å². The van der Waals surface area contributed by atoms with Gasteiger partial charge in [-0.15, -0.1) is 0 Å². The largest absolute Gasteiger partial charge is 0.444 e. The Morgan fingerprint density at radius 1 is 1.32 bits per heavy atom. The fourth-order valence-corrected chi connectivity index (χ4v) is 2.28. The van der Waals surface area contributed by atoms with Crippen LogP contribution in [0.3, 0.4) is 0 Å². The van der Waals surface area contributed by atoms with Crippen LogP contribution in [0.2, 0.25) is 5.02 Å². The van der Waals surface area contributed by atoms with Gasteiger partial charge in [0.15, 0.2) is 0 Å². The average molecular weight is 341 g/mol. The molecule has 1 amide bonds. The number of benzene rings is 1. The Morgan fingerprint density at radius 3 is 2.55 bits per heavy atom. The van der Waals surface area contributed by atoms with Crippen molar-refractivity contribution in [3.63, 3.8) is 0 Å². The smallest absolute Gasteiger partial charge is 0.419 e. The third-order valence-corrected chi connectivity index (χ3v) is 3.36. The highest BCUT2D eigenvalue weighted by atomic mass is 35.5. The van der Waals surface area contributed by atoms with E-state index >= 15 is 0 Å². The molecule has 2 rings (SSSR count). The molecule has 0 spiro atoms. The van der Waals surface area contributed by atoms with Gasteiger partial charge in [-0.05, 0) is 12.1 Å². The number of hydrogen-bond acceptors (Lipinski definition) is 3. The van der Waals surface area contributed by atoms with Gasteiger partial charge in [0.05, 0.1) is 5.56 Å². The van der Waals surface area contributed by atoms with Crippen LogP contribution in [0.5, 0.6) is 0 Å². The first-order valence-corrected chi connectivity index (χ1v) is 6.84. The number of nitrogens with zero attached hydrogens (tertiary/aromatic N) is 1. The summed E-state index contributed by atoms with van der Waals surface area (Å²) in [5.41, 5.74) is -1.89. The van der Waals surface area contributed by atoms with Crippen LogP contribution in [0.1, 0.15) is 11.1 Å². The van der Waals surface area contributed by atoms with Gasteiger partial charge in [-0.1, -0.05) is 11.6 Å². The Bertz CT molecular complexity index is 560. The lowest BCUT2D eigenvalue weighted by atomic mass is 10.1. The fraction of sp³-hybridized carbons (Fsp3) is 0.462. The van der Waals surface area contributed by atoms with Crippen LogP contribution in [0, 0.1) is 5.82 Å². The lowest BCUT2D eigenvalue weighted by Gasteiger charge is -2.26. The van der Waals surface area contributed by atoms with Gasteiger partial charge in [-0.3, -0.25) is 0 Å². The van der Waals surface area contributed by atoms with Crippen molar-refractivity contribution in [3.8, 4) is 0 Å². The minimum atomic E-state index is -4.87. The summed E-state index contributed by atoms with van der Waals surface area (Å²) < 4.78 is 56.7. The molecule has 1 aliphatic heterocycles. The summed E-state index contributed by atoms with van der Waals surface area (Å²) >= 11 is 5.57. The molecule has 0 aromatic heterocycles. The van der Waals surface area contributed by atoms with E-state index in [0.717, 1.165) is 6.07 Å². The first-order chi connectivity index (χ1) is 10.3. The second-order valence-electron chi connectivity index (χ2n) is 4.72. The van der Waals surface area contributed by atoms with Crippen molar-refractivity contribution < 1.29 is 27.1 Å². The zero-order valence-corrected chi connectivity index (χ0v) is 12.1. The highest BCUT2D eigenvalue weighted by Crippen LogP contribution is 2.34. The number of nitrogens with one attached hydrogen (secondary N) is 1. The summed E-state index contributed by atoms with van der Waals surface area (Å²) in [6, 6.07) is 1.51. The van der Waals surface area contributed by atoms with E-state index in [1.807, 2.05) is 0 Å². The lowest BCUT2D eigenvalue weighted by molar-refractivity contribution is -0.140. The van der Waals surface area contributed by atoms with E-state index in [1.54, 1.807) is 0 Å². The van der Waals surface area contributed by atoms with Gasteiger partial charge in [-0.25, -0.2) is 9.18 Å². The Kier molecular flexibility index (Phi) is 5.12. The second-order valence-corrected chi connectivity index (χ2v) is 5.15. The molecular formula is C13H13ClF4N2O2. The molecule has 1 aromatic carbocycles. The predicted octanol–water partition coefficient (Wildman–Crippen LogP) is 3.04. The van der Waals surface area contributed by atoms with E-state index in [1.165, 1.54) is 4.90 Å². The number of carbonyl (C=O) groups excluding carboxylic acids is 1. The minimum Gasteiger partial charge on any atom is -0.444 e. The number of piperazine rings is 1. The summed E-state index contributed by atoms with van der Waals surface area (Å²) in [4.78, 5) is 13.1. The summed E-state index contributed by atoms with van der Waals surface area (Å²) in [5.74, 6) is -1.48. The van der Waals surface area contributed by atoms with Gasteiger partial charge in [0.25, 0.3) is 0 Å². The Labute approximate surface area is 129 Å². The van der Waals surface area contributed by atoms with Crippen LogP contribution in [-0.4, -0.2) is 37.2 Å². The summed E-state index contributed by atoms with van der Waals surface area (Å²) in [7, 11) is 0. The zero-order chi connectivity index (χ0) is 16.3. The van der Waals surface area contributed by atoms with Crippen LogP contribution in [-0.2, 0) is 17.5 Å². The summed E-state index contributed by atoms with van der Waals surface area (Å²) in [6.07, 6.45) is -5.57. The predicted molar refractivity (Wildman–Crippen MR) is 71.0 cm³/mol. The maximum atomic E-state index is 13.8. The standard InChI is InChI=1S/C13H13ClF4N2O2/c14-9-5-8(11(15)10(6-9)13(16,17)18)7-22-12(21)20-3-1-19-2-4-20/h5-6,19H,1-4,7H2. The van der Waals surface area contributed by atoms with E-state index in [4.69, 9.17) is 16.3 Å². The highest BCUT2D eigenvalue weighted by Gasteiger charge is 2.35. The van der Waals surface area contributed by atoms with Gasteiger partial charge in [0.1, 0.15) is 12.4 Å². The number of hydrogen-bond donors (Lipinski definition) is 1. The van der Waals surface area contributed by atoms with Gasteiger partial charge < -0.3 is 15.0 Å². The van der Waals surface area contributed by atoms with Gasteiger partial charge in [0, 0.05) is 36.8 Å². The number of ether oxygens (including phenoxy) is 1. The first kappa shape index (κ1) is 16.8. The molecule has 9 heteroatoms. The van der Waals surface area contributed by atoms with Crippen molar-refractivity contribution in [2.45, 2.75) is 12.8 Å². The highest BCUT2D eigenvalue weighted by molar-refractivity contribution is 6.30. The molecule has 1 heterocycles. The molecule has 0 atom stereocenters. The lowest BCUT2D eigenvalue weighted by Crippen LogP contribution is -2.46. The van der Waals surface area contributed by atoms with Crippen molar-refractivity contribution in [1.29, 1.82) is 0 Å². The first-order valence-electron chi connectivity index (χ1n) is 6.46. The van der Waals surface area contributed by atoms with Crippen molar-refractivity contribution in [2.24, 2.45) is 0 Å². The Balaban J connectivity index is 2.09. The van der Waals surface area contributed by atoms with E-state index in [9.17, 15) is 22.4 Å². The molecule has 1 aromatic rings. The Hall–Kier alpha value is -1.54. The van der Waals surface area contributed by atoms with Crippen LogP contribution >= 0.6 is 11.6 Å². The molecule has 0 bridgehead atoms. The molecule has 0 radical (unpaired) electrons. The molecule has 0 aliphatic carbocycles. The van der Waals surface area contributed by atoms with E-state index < -0.39 is 35.8 Å². The third kappa shape index (κ3) is 4.01. The maximum absolute atomic E-state index is 13.8. The number of rotatable bonds is 2. The van der Waals surface area contributed by atoms with Gasteiger partial charge >= 0.3 is 12.3 Å². The SMILES string of the molecule is O=C(OCc1cc(Cl)cc(C(F)(F)F)c1F)N1CCNCC1. The quantitative estimate of drug-likeness (QED) is 0.841. The summed E-state index contributed by atoms with van der Waals surface area (Å²) in [5, 5.41) is 2.76. The van der Waals surface area contributed by atoms with Crippen molar-refractivity contribution >= 4 is 17.7 Å². The van der Waals surface area contributed by atoms with E-state index in [-0.39, 0.29) is 5.02 Å². The van der Waals surface area contributed by atoms with Crippen molar-refractivity contribution in [3.05, 3.63) is 34.1 Å². The zero-order valence-electron chi connectivity index (χ0n) is 11.3. The molecule has 0 unspecified atom stereocenters. The maximum Gasteiger partial charge on any atom is 0.419 e. The molecule has 122 valence electrons. The van der Waals surface area contributed by atoms with E-state index in [0.29, 0.717) is 32.2 Å². The monoisotopic (exact) mass is 340 g/mol. The third-order valence-electron chi connectivity index (χ3n) is 3.14. The molecule has 22 heavy (non-hydrogen) atoms. The Morgan fingerprint density at radius 2 is 1.95 bits per heavy atom. The number of carbonyl (C=O) groups is 1. The molecule has 0 saturated carbocycles. The average Bonchev–Trinajstić information content (AvgIpc) is 2.47. The molecular weight excluding hydrogens is 328 g/mol. The molecule has 1 aliphatic rings. The van der Waals surface area contributed by atoms with Crippen molar-refractivity contribution in [1.82, 2.24) is 10.2 Å². The number of alkyl halides is 3. The molecule has 1 saturated heterocycles. The normalized spacial score (nSPS) is 15.8. The molecule has 1 fully saturated rings. The molecule has 4 nitrogen and oxygen atoms in total. The van der Waals surface area contributed by atoms with Crippen LogP contribution in [0.4, 0.5) is 22.4 Å². The number of amides is 1. The van der Waals surface area contributed by atoms with Crippen LogP contribution in [0.25, 0.3) is 0 Å². The van der Waals surface area contributed by atoms with E-state index in [2.05, 4.69) is 5.32 Å². The molecule has 1 N–H and O–H groups in total. The minimum absolute atomic E-state index is 0.276. The van der Waals surface area contributed by atoms with Crippen molar-refractivity contribution in [2.75, 3.05) is 26.2 Å². The number of halogens is 5. The topological polar surface area (TPSA) is 41.6 Å². The van der Waals surface area contributed by atoms with Gasteiger partial charge in [0.2, 0.25) is 0 Å². The summed E-state index contributed by atoms with van der Waals surface area (Å²) in [6.45, 7) is 1.42. The van der Waals surface area contributed by atoms with Gasteiger partial charge in [-0.2, -0.15) is 13.2 Å². The second kappa shape index (κ2) is 6.70.